The zero-order chi connectivity index (χ0) is 14.2. The van der Waals surface area contributed by atoms with Gasteiger partial charge in [-0.2, -0.15) is 10.2 Å². The van der Waals surface area contributed by atoms with Crippen molar-refractivity contribution in [2.24, 2.45) is 0 Å². The monoisotopic (exact) mass is 341 g/mol. The average molecular weight is 343 g/mol. The number of rotatable bonds is 1. The fourth-order valence-electron chi connectivity index (χ4n) is 1.51. The molecule has 8 heteroatoms. The first-order valence-corrected chi connectivity index (χ1v) is 6.09. The third kappa shape index (κ3) is 2.45. The summed E-state index contributed by atoms with van der Waals surface area (Å²) in [5.74, 6) is -0.720. The van der Waals surface area contributed by atoms with Gasteiger partial charge in [-0.1, -0.05) is 11.6 Å². The molecule has 0 amide bonds. The summed E-state index contributed by atoms with van der Waals surface area (Å²) in [6, 6.07) is 4.40. The lowest BCUT2D eigenvalue weighted by Gasteiger charge is -2.09. The molecule has 1 aromatic carbocycles. The van der Waals surface area contributed by atoms with Gasteiger partial charge in [0.1, 0.15) is 23.3 Å². The molecule has 0 aliphatic rings. The van der Waals surface area contributed by atoms with E-state index < -0.39 is 5.82 Å². The Morgan fingerprint density at radius 1 is 1.32 bits per heavy atom. The van der Waals surface area contributed by atoms with Gasteiger partial charge in [0.2, 0.25) is 5.95 Å². The highest BCUT2D eigenvalue weighted by Crippen LogP contribution is 2.34. The maximum atomic E-state index is 13.3. The first kappa shape index (κ1) is 13.5. The third-order valence-electron chi connectivity index (χ3n) is 2.33. The lowest BCUT2D eigenvalue weighted by Crippen LogP contribution is -2.05. The lowest BCUT2D eigenvalue weighted by molar-refractivity contribution is 0.627. The molecule has 0 bridgehead atoms. The highest BCUT2D eigenvalue weighted by molar-refractivity contribution is 9.10. The van der Waals surface area contributed by atoms with Crippen molar-refractivity contribution in [3.05, 3.63) is 33.0 Å². The molecule has 0 atom stereocenters. The van der Waals surface area contributed by atoms with E-state index in [4.69, 9.17) is 28.3 Å². The van der Waals surface area contributed by atoms with E-state index in [1.165, 1.54) is 12.1 Å². The van der Waals surface area contributed by atoms with E-state index >= 15 is 0 Å². The maximum absolute atomic E-state index is 13.3. The Morgan fingerprint density at radius 3 is 2.63 bits per heavy atom. The molecule has 4 N–H and O–H groups in total. The lowest BCUT2D eigenvalue weighted by atomic mass is 10.1. The molecular weight excluding hydrogens is 337 g/mol. The third-order valence-corrected chi connectivity index (χ3v) is 3.28. The summed E-state index contributed by atoms with van der Waals surface area (Å²) < 4.78 is 13.7. The van der Waals surface area contributed by atoms with Gasteiger partial charge in [-0.3, -0.25) is 0 Å². The summed E-state index contributed by atoms with van der Waals surface area (Å²) in [5.41, 5.74) is 11.8. The molecule has 5 nitrogen and oxygen atoms in total. The van der Waals surface area contributed by atoms with Crippen LogP contribution in [0.5, 0.6) is 0 Å². The zero-order valence-electron chi connectivity index (χ0n) is 9.28. The van der Waals surface area contributed by atoms with Gasteiger partial charge in [0.15, 0.2) is 0 Å². The van der Waals surface area contributed by atoms with Gasteiger partial charge in [-0.15, -0.1) is 0 Å². The Hall–Kier alpha value is -1.91. The predicted molar refractivity (Wildman–Crippen MR) is 73.7 cm³/mol. The number of halogens is 3. The first-order chi connectivity index (χ1) is 8.93. The van der Waals surface area contributed by atoms with E-state index in [0.29, 0.717) is 10.0 Å². The number of benzene rings is 1. The summed E-state index contributed by atoms with van der Waals surface area (Å²) in [5, 5.41) is 8.99. The smallest absolute Gasteiger partial charge is 0.222 e. The minimum absolute atomic E-state index is 0.0441. The van der Waals surface area contributed by atoms with Crippen molar-refractivity contribution < 1.29 is 4.39 Å². The van der Waals surface area contributed by atoms with E-state index in [1.807, 2.05) is 6.07 Å². The van der Waals surface area contributed by atoms with Crippen molar-refractivity contribution in [3.8, 4) is 17.3 Å². The summed E-state index contributed by atoms with van der Waals surface area (Å²) in [4.78, 5) is 7.66. The molecule has 0 radical (unpaired) electrons. The fourth-order valence-corrected chi connectivity index (χ4v) is 2.17. The summed E-state index contributed by atoms with van der Waals surface area (Å²) in [6.07, 6.45) is 0. The van der Waals surface area contributed by atoms with Crippen molar-refractivity contribution in [1.82, 2.24) is 9.97 Å². The van der Waals surface area contributed by atoms with E-state index in [1.54, 1.807) is 0 Å². The van der Waals surface area contributed by atoms with Crippen LogP contribution in [0.15, 0.2) is 16.6 Å². The number of anilines is 2. The average Bonchev–Trinajstić information content (AvgIpc) is 2.33. The molecule has 19 heavy (non-hydrogen) atoms. The molecule has 0 spiro atoms. The number of hydrogen-bond acceptors (Lipinski definition) is 5. The SMILES string of the molecule is N#Cc1c(N)nc(N)nc1-c1cc(Cl)c(F)cc1Br. The Balaban J connectivity index is 2.79. The van der Waals surface area contributed by atoms with Crippen molar-refractivity contribution in [2.45, 2.75) is 0 Å². The van der Waals surface area contributed by atoms with E-state index in [-0.39, 0.29) is 28.0 Å². The zero-order valence-corrected chi connectivity index (χ0v) is 11.6. The van der Waals surface area contributed by atoms with Gasteiger partial charge in [0.25, 0.3) is 0 Å². The van der Waals surface area contributed by atoms with Crippen molar-refractivity contribution in [2.75, 3.05) is 11.5 Å². The predicted octanol–water partition coefficient (Wildman–Crippen LogP) is 2.73. The topological polar surface area (TPSA) is 102 Å². The van der Waals surface area contributed by atoms with Crippen LogP contribution < -0.4 is 11.5 Å². The van der Waals surface area contributed by atoms with Gasteiger partial charge in [-0.25, -0.2) is 9.37 Å². The standard InChI is InChI=1S/C11H6BrClFN5/c12-6-2-8(14)7(13)1-4(6)9-5(3-15)10(16)19-11(17)18-9/h1-2H,(H4,16,17,18,19). The molecule has 0 aliphatic carbocycles. The number of nitriles is 1. The minimum atomic E-state index is -0.592. The van der Waals surface area contributed by atoms with Crippen LogP contribution in [0.2, 0.25) is 5.02 Å². The molecule has 0 aliphatic heterocycles. The van der Waals surface area contributed by atoms with Gasteiger partial charge in [0.05, 0.1) is 10.7 Å². The number of aromatic nitrogens is 2. The molecule has 1 aromatic heterocycles. The molecule has 96 valence electrons. The normalized spacial score (nSPS) is 10.2. The first-order valence-electron chi connectivity index (χ1n) is 4.92. The van der Waals surface area contributed by atoms with Crippen LogP contribution in [0.4, 0.5) is 16.2 Å². The summed E-state index contributed by atoms with van der Waals surface area (Å²) in [6.45, 7) is 0. The minimum Gasteiger partial charge on any atom is -0.382 e. The summed E-state index contributed by atoms with van der Waals surface area (Å²) in [7, 11) is 0. The van der Waals surface area contributed by atoms with Gasteiger partial charge < -0.3 is 11.5 Å². The number of nitrogens with zero attached hydrogens (tertiary/aromatic N) is 3. The fraction of sp³-hybridized carbons (Fsp3) is 0. The quantitative estimate of drug-likeness (QED) is 0.776. The van der Waals surface area contributed by atoms with Crippen LogP contribution in [0.3, 0.4) is 0 Å². The Morgan fingerprint density at radius 2 is 2.00 bits per heavy atom. The maximum Gasteiger partial charge on any atom is 0.222 e. The number of hydrogen-bond donors (Lipinski definition) is 2. The van der Waals surface area contributed by atoms with Crippen LogP contribution >= 0.6 is 27.5 Å². The van der Waals surface area contributed by atoms with Crippen LogP contribution in [-0.4, -0.2) is 9.97 Å². The van der Waals surface area contributed by atoms with Crippen molar-refractivity contribution >= 4 is 39.3 Å². The Kier molecular flexibility index (Phi) is 3.55. The van der Waals surface area contributed by atoms with Crippen LogP contribution in [0, 0.1) is 17.1 Å². The molecular formula is C11H6BrClFN5. The molecule has 0 fully saturated rings. The van der Waals surface area contributed by atoms with Gasteiger partial charge in [0, 0.05) is 10.0 Å². The second-order valence-electron chi connectivity index (χ2n) is 3.55. The molecule has 2 aromatic rings. The van der Waals surface area contributed by atoms with Gasteiger partial charge >= 0.3 is 0 Å². The van der Waals surface area contributed by atoms with Crippen LogP contribution in [-0.2, 0) is 0 Å². The second-order valence-corrected chi connectivity index (χ2v) is 4.81. The van der Waals surface area contributed by atoms with E-state index in [2.05, 4.69) is 25.9 Å². The molecule has 0 unspecified atom stereocenters. The largest absolute Gasteiger partial charge is 0.382 e. The molecule has 2 rings (SSSR count). The van der Waals surface area contributed by atoms with Crippen molar-refractivity contribution in [3.63, 3.8) is 0 Å². The molecule has 1 heterocycles. The second kappa shape index (κ2) is 4.99. The van der Waals surface area contributed by atoms with Crippen molar-refractivity contribution in [1.29, 1.82) is 5.26 Å². The van der Waals surface area contributed by atoms with Crippen LogP contribution in [0.25, 0.3) is 11.3 Å². The Bertz CT molecular complexity index is 713. The highest BCUT2D eigenvalue weighted by Gasteiger charge is 2.17. The van der Waals surface area contributed by atoms with E-state index in [0.717, 1.165) is 0 Å². The highest BCUT2D eigenvalue weighted by atomic mass is 79.9. The van der Waals surface area contributed by atoms with Gasteiger partial charge in [-0.05, 0) is 28.1 Å². The number of nitrogens with two attached hydrogens (primary N) is 2. The summed E-state index contributed by atoms with van der Waals surface area (Å²) >= 11 is 8.91. The molecule has 0 saturated carbocycles. The number of nitrogen functional groups attached to an aromatic ring is 2. The molecule has 0 saturated heterocycles. The Labute approximate surface area is 121 Å². The van der Waals surface area contributed by atoms with E-state index in [9.17, 15) is 4.39 Å². The van der Waals surface area contributed by atoms with Crippen LogP contribution in [0.1, 0.15) is 5.56 Å².